The molecule has 0 aliphatic rings. The lowest BCUT2D eigenvalue weighted by Crippen LogP contribution is -2.49. The van der Waals surface area contributed by atoms with Crippen LogP contribution in [0, 0.1) is 0 Å². The molecule has 0 rings (SSSR count). The van der Waals surface area contributed by atoms with Gasteiger partial charge in [-0.2, -0.15) is 0 Å². The second kappa shape index (κ2) is 17.3. The van der Waals surface area contributed by atoms with Crippen molar-refractivity contribution in [2.75, 3.05) is 27.7 Å². The molecule has 0 saturated carbocycles. The third-order valence-corrected chi connectivity index (χ3v) is 7.32. The van der Waals surface area contributed by atoms with Crippen LogP contribution >= 0.6 is 7.60 Å². The van der Waals surface area contributed by atoms with Gasteiger partial charge in [0.1, 0.15) is 6.54 Å². The number of rotatable bonds is 21. The molecule has 0 aromatic carbocycles. The molecule has 31 heavy (non-hydrogen) atoms. The number of quaternary nitrogens is 1. The van der Waals surface area contributed by atoms with E-state index in [9.17, 15) is 19.5 Å². The smallest absolute Gasteiger partial charge is 0.362 e. The molecular weight excluding hydrogens is 409 g/mol. The Hall–Kier alpha value is -0.190. The van der Waals surface area contributed by atoms with Crippen molar-refractivity contribution < 1.29 is 23.9 Å². The van der Waals surface area contributed by atoms with E-state index in [1.165, 1.54) is 77.0 Å². The highest BCUT2D eigenvalue weighted by Gasteiger charge is 2.48. The number of nitrogens with zero attached hydrogens (tertiary/aromatic N) is 1. The number of aliphatic hydroxyl groups is 1. The van der Waals surface area contributed by atoms with E-state index in [4.69, 9.17) is 0 Å². The van der Waals surface area contributed by atoms with Crippen molar-refractivity contribution >= 4 is 7.60 Å². The fourth-order valence-corrected chi connectivity index (χ4v) is 5.21. The zero-order valence-electron chi connectivity index (χ0n) is 21.0. The van der Waals surface area contributed by atoms with Crippen LogP contribution in [0.4, 0.5) is 0 Å². The summed E-state index contributed by atoms with van der Waals surface area (Å²) in [6.45, 7) is 2.25. The number of unbranched alkanes of at least 4 members (excludes halogenated alkanes) is 14. The SMILES string of the molecule is CC/C=C\CCCCCCCCCCCCCCCCC(O)(C[N+](C)(C)C)P(=O)(O)O. The molecule has 0 fully saturated rings. The number of hydrogen-bond acceptors (Lipinski definition) is 2. The van der Waals surface area contributed by atoms with Crippen molar-refractivity contribution in [3.63, 3.8) is 0 Å². The van der Waals surface area contributed by atoms with Gasteiger partial charge in [0, 0.05) is 0 Å². The summed E-state index contributed by atoms with van der Waals surface area (Å²) in [5.41, 5.74) is 0. The Kier molecular flexibility index (Phi) is 17.2. The molecule has 5 nitrogen and oxygen atoms in total. The Balaban J connectivity index is 3.57. The Morgan fingerprint density at radius 3 is 1.45 bits per heavy atom. The highest BCUT2D eigenvalue weighted by molar-refractivity contribution is 7.53. The first-order valence-corrected chi connectivity index (χ1v) is 14.4. The average molecular weight is 463 g/mol. The summed E-state index contributed by atoms with van der Waals surface area (Å²) in [6, 6.07) is 0. The van der Waals surface area contributed by atoms with Gasteiger partial charge in [-0.1, -0.05) is 96.1 Å². The molecule has 0 spiro atoms. The molecular formula is C25H53NO4P+. The fraction of sp³-hybridized carbons (Fsp3) is 0.920. The van der Waals surface area contributed by atoms with E-state index in [1.807, 2.05) is 21.1 Å². The second-order valence-electron chi connectivity index (χ2n) is 10.3. The molecule has 0 heterocycles. The fourth-order valence-electron chi connectivity index (χ4n) is 4.15. The van der Waals surface area contributed by atoms with Crippen LogP contribution in [0.5, 0.6) is 0 Å². The lowest BCUT2D eigenvalue weighted by molar-refractivity contribution is -0.875. The maximum Gasteiger partial charge on any atom is 0.362 e. The summed E-state index contributed by atoms with van der Waals surface area (Å²) in [4.78, 5) is 19.2. The van der Waals surface area contributed by atoms with Gasteiger partial charge >= 0.3 is 7.60 Å². The Labute approximate surface area is 193 Å². The van der Waals surface area contributed by atoms with Gasteiger partial charge < -0.3 is 19.4 Å². The van der Waals surface area contributed by atoms with Gasteiger partial charge in [-0.25, -0.2) is 0 Å². The van der Waals surface area contributed by atoms with Crippen molar-refractivity contribution in [1.29, 1.82) is 0 Å². The van der Waals surface area contributed by atoms with Gasteiger partial charge in [-0.05, 0) is 32.1 Å². The Bertz CT molecular complexity index is 498. The van der Waals surface area contributed by atoms with E-state index in [1.54, 1.807) is 0 Å². The number of likely N-dealkylation sites (N-methyl/N-ethyl adjacent to an activating group) is 1. The first-order chi connectivity index (χ1) is 14.5. The van der Waals surface area contributed by atoms with Gasteiger partial charge in [0.2, 0.25) is 5.34 Å². The molecule has 1 atom stereocenters. The van der Waals surface area contributed by atoms with Crippen LogP contribution in [0.1, 0.15) is 116 Å². The van der Waals surface area contributed by atoms with Gasteiger partial charge in [0.25, 0.3) is 0 Å². The topological polar surface area (TPSA) is 77.8 Å². The van der Waals surface area contributed by atoms with Crippen LogP contribution in [0.2, 0.25) is 0 Å². The summed E-state index contributed by atoms with van der Waals surface area (Å²) in [5, 5.41) is 8.63. The Morgan fingerprint density at radius 2 is 1.10 bits per heavy atom. The van der Waals surface area contributed by atoms with Crippen LogP contribution in [0.15, 0.2) is 12.2 Å². The number of allylic oxidation sites excluding steroid dienone is 2. The molecule has 1 unspecified atom stereocenters. The minimum Gasteiger partial charge on any atom is -0.373 e. The average Bonchev–Trinajstić information content (AvgIpc) is 2.65. The maximum atomic E-state index is 11.8. The molecule has 186 valence electrons. The van der Waals surface area contributed by atoms with Crippen molar-refractivity contribution in [2.45, 2.75) is 121 Å². The number of hydrogen-bond donors (Lipinski definition) is 3. The molecule has 0 aliphatic heterocycles. The van der Waals surface area contributed by atoms with Crippen LogP contribution in [0.25, 0.3) is 0 Å². The molecule has 3 N–H and O–H groups in total. The van der Waals surface area contributed by atoms with Crippen LogP contribution in [-0.4, -0.2) is 52.4 Å². The predicted molar refractivity (Wildman–Crippen MR) is 133 cm³/mol. The van der Waals surface area contributed by atoms with Crippen LogP contribution in [-0.2, 0) is 4.57 Å². The third-order valence-electron chi connectivity index (χ3n) is 5.87. The standard InChI is InChI=1S/C25H52NO4P/c1-5-6-7-8-9-10-11-12-13-14-15-16-17-18-19-20-21-22-23-25(27,31(28,29)30)24-26(2,3)4/h6-7,27H,5,8-24H2,1-4H3,(H-,28,29,30)/p+1/b7-6-. The first kappa shape index (κ1) is 30.8. The van der Waals surface area contributed by atoms with Gasteiger partial charge in [-0.15, -0.1) is 0 Å². The zero-order chi connectivity index (χ0) is 23.6. The second-order valence-corrected chi connectivity index (χ2v) is 12.3. The summed E-state index contributed by atoms with van der Waals surface area (Å²) >= 11 is 0. The molecule has 6 heteroatoms. The maximum absolute atomic E-state index is 11.8. The molecule has 0 amide bonds. The highest BCUT2D eigenvalue weighted by atomic mass is 31.2. The van der Waals surface area contributed by atoms with Crippen molar-refractivity contribution in [2.24, 2.45) is 0 Å². The van der Waals surface area contributed by atoms with E-state index in [0.717, 1.165) is 19.3 Å². The molecule has 0 aromatic heterocycles. The molecule has 0 aromatic rings. The predicted octanol–water partition coefficient (Wildman–Crippen LogP) is 6.77. The van der Waals surface area contributed by atoms with Crippen molar-refractivity contribution in [3.05, 3.63) is 12.2 Å². The lowest BCUT2D eigenvalue weighted by Gasteiger charge is -2.35. The zero-order valence-corrected chi connectivity index (χ0v) is 21.9. The van der Waals surface area contributed by atoms with E-state index in [2.05, 4.69) is 19.1 Å². The molecule has 0 radical (unpaired) electrons. The van der Waals surface area contributed by atoms with Crippen LogP contribution < -0.4 is 0 Å². The van der Waals surface area contributed by atoms with E-state index in [-0.39, 0.29) is 13.0 Å². The monoisotopic (exact) mass is 462 g/mol. The van der Waals surface area contributed by atoms with Gasteiger partial charge in [-0.3, -0.25) is 4.57 Å². The molecule has 0 saturated heterocycles. The molecule has 0 bridgehead atoms. The summed E-state index contributed by atoms with van der Waals surface area (Å²) < 4.78 is 12.1. The van der Waals surface area contributed by atoms with E-state index < -0.39 is 12.9 Å². The quantitative estimate of drug-likeness (QED) is 0.0761. The van der Waals surface area contributed by atoms with E-state index in [0.29, 0.717) is 10.9 Å². The van der Waals surface area contributed by atoms with Gasteiger partial charge in [0.05, 0.1) is 21.1 Å². The highest BCUT2D eigenvalue weighted by Crippen LogP contribution is 2.52. The third kappa shape index (κ3) is 18.0. The first-order valence-electron chi connectivity index (χ1n) is 12.8. The summed E-state index contributed by atoms with van der Waals surface area (Å²) in [5.74, 6) is 0. The summed E-state index contributed by atoms with van der Waals surface area (Å²) in [6.07, 6.45) is 24.4. The van der Waals surface area contributed by atoms with E-state index >= 15 is 0 Å². The molecule has 0 aliphatic carbocycles. The van der Waals surface area contributed by atoms with Crippen LogP contribution in [0.3, 0.4) is 0 Å². The van der Waals surface area contributed by atoms with Gasteiger partial charge in [0.15, 0.2) is 0 Å². The minimum atomic E-state index is -4.54. The minimum absolute atomic E-state index is 0.0631. The normalized spacial score (nSPS) is 14.9. The largest absolute Gasteiger partial charge is 0.373 e. The van der Waals surface area contributed by atoms with Crippen molar-refractivity contribution in [1.82, 2.24) is 0 Å². The van der Waals surface area contributed by atoms with Crippen molar-refractivity contribution in [3.8, 4) is 0 Å². The Morgan fingerprint density at radius 1 is 0.710 bits per heavy atom. The summed E-state index contributed by atoms with van der Waals surface area (Å²) in [7, 11) is 0.984. The lowest BCUT2D eigenvalue weighted by atomic mass is 10.0.